The van der Waals surface area contributed by atoms with Gasteiger partial charge in [0.1, 0.15) is 13.2 Å². The predicted octanol–water partition coefficient (Wildman–Crippen LogP) is 4.58. The minimum absolute atomic E-state index is 0.171. The summed E-state index contributed by atoms with van der Waals surface area (Å²) in [5.41, 5.74) is 2.15. The lowest BCUT2D eigenvalue weighted by atomic mass is 9.88. The number of piperazine rings is 1. The Labute approximate surface area is 203 Å². The van der Waals surface area contributed by atoms with E-state index in [4.69, 9.17) is 9.47 Å². The van der Waals surface area contributed by atoms with Crippen LogP contribution in [0.25, 0.3) is 0 Å². The molecule has 0 radical (unpaired) electrons. The molecule has 6 nitrogen and oxygen atoms in total. The van der Waals surface area contributed by atoms with Crippen molar-refractivity contribution in [2.75, 3.05) is 55.7 Å². The average Bonchev–Trinajstić information content (AvgIpc) is 2.92. The van der Waals surface area contributed by atoms with E-state index in [-0.39, 0.29) is 5.92 Å². The molecule has 0 N–H and O–H groups in total. The number of ether oxygens (including phenoxy) is 2. The third-order valence-corrected chi connectivity index (χ3v) is 7.56. The first-order valence-corrected chi connectivity index (χ1v) is 12.9. The van der Waals surface area contributed by atoms with Crippen molar-refractivity contribution >= 4 is 17.3 Å². The fourth-order valence-electron chi connectivity index (χ4n) is 5.59. The van der Waals surface area contributed by atoms with Crippen LogP contribution in [0, 0.1) is 5.92 Å². The highest BCUT2D eigenvalue weighted by molar-refractivity contribution is 5.95. The number of rotatable bonds is 6. The Morgan fingerprint density at radius 3 is 2.44 bits per heavy atom. The van der Waals surface area contributed by atoms with Crippen LogP contribution in [0.4, 0.5) is 11.4 Å². The van der Waals surface area contributed by atoms with E-state index in [1.807, 2.05) is 30.3 Å². The molecule has 1 atom stereocenters. The standard InChI is InChI=1S/C28H37N3O3/c1-22(21-31(24-11-6-3-7-12-24)28(32)23-9-4-2-5-10-23)29-15-17-30(18-16-29)25-13-8-14-26-27(25)34-20-19-33-26/h3,6-8,11-14,22-23H,2,4-5,9-10,15-21H2,1H3. The predicted molar refractivity (Wildman–Crippen MR) is 136 cm³/mol. The Hall–Kier alpha value is -2.73. The molecule has 0 bridgehead atoms. The van der Waals surface area contributed by atoms with E-state index in [9.17, 15) is 4.79 Å². The fraction of sp³-hybridized carbons (Fsp3) is 0.536. The summed E-state index contributed by atoms with van der Waals surface area (Å²) in [5, 5.41) is 0. The Morgan fingerprint density at radius 2 is 1.68 bits per heavy atom. The van der Waals surface area contributed by atoms with Gasteiger partial charge in [0.15, 0.2) is 11.5 Å². The lowest BCUT2D eigenvalue weighted by Gasteiger charge is -2.41. The highest BCUT2D eigenvalue weighted by Gasteiger charge is 2.31. The summed E-state index contributed by atoms with van der Waals surface area (Å²) < 4.78 is 11.7. The second-order valence-electron chi connectivity index (χ2n) is 9.79. The van der Waals surface area contributed by atoms with E-state index in [1.54, 1.807) is 0 Å². The molecule has 0 aromatic heterocycles. The zero-order valence-electron chi connectivity index (χ0n) is 20.3. The maximum Gasteiger partial charge on any atom is 0.230 e. The number of carbonyl (C=O) groups is 1. The van der Waals surface area contributed by atoms with Gasteiger partial charge in [0.05, 0.1) is 5.69 Å². The summed E-state index contributed by atoms with van der Waals surface area (Å²) in [4.78, 5) is 20.5. The molecule has 6 heteroatoms. The van der Waals surface area contributed by atoms with E-state index in [1.165, 1.54) is 19.3 Å². The first kappa shape index (κ1) is 23.0. The van der Waals surface area contributed by atoms with Gasteiger partial charge in [-0.3, -0.25) is 9.69 Å². The molecule has 5 rings (SSSR count). The second kappa shape index (κ2) is 10.7. The normalized spacial score (nSPS) is 20.1. The summed E-state index contributed by atoms with van der Waals surface area (Å²) in [6.07, 6.45) is 5.67. The van der Waals surface area contributed by atoms with Crippen LogP contribution in [0.15, 0.2) is 48.5 Å². The number of para-hydroxylation sites is 2. The number of nitrogens with zero attached hydrogens (tertiary/aromatic N) is 3. The van der Waals surface area contributed by atoms with Gasteiger partial charge in [0, 0.05) is 50.4 Å². The fourth-order valence-corrected chi connectivity index (χ4v) is 5.59. The van der Waals surface area contributed by atoms with Crippen molar-refractivity contribution < 1.29 is 14.3 Å². The molecule has 3 aliphatic rings. The maximum absolute atomic E-state index is 13.6. The second-order valence-corrected chi connectivity index (χ2v) is 9.79. The van der Waals surface area contributed by atoms with Gasteiger partial charge in [-0.1, -0.05) is 43.5 Å². The summed E-state index contributed by atoms with van der Waals surface area (Å²) >= 11 is 0. The monoisotopic (exact) mass is 463 g/mol. The van der Waals surface area contributed by atoms with E-state index >= 15 is 0 Å². The lowest BCUT2D eigenvalue weighted by molar-refractivity contribution is -0.123. The van der Waals surface area contributed by atoms with Crippen molar-refractivity contribution in [3.8, 4) is 11.5 Å². The topological polar surface area (TPSA) is 45.3 Å². The number of hydrogen-bond acceptors (Lipinski definition) is 5. The molecule has 0 spiro atoms. The molecule has 182 valence electrons. The molecule has 2 fully saturated rings. The van der Waals surface area contributed by atoms with Crippen LogP contribution < -0.4 is 19.3 Å². The highest BCUT2D eigenvalue weighted by Crippen LogP contribution is 2.40. The maximum atomic E-state index is 13.6. The molecule has 2 heterocycles. The molecule has 1 unspecified atom stereocenters. The highest BCUT2D eigenvalue weighted by atomic mass is 16.6. The zero-order valence-corrected chi connectivity index (χ0v) is 20.3. The van der Waals surface area contributed by atoms with Crippen LogP contribution in [0.3, 0.4) is 0 Å². The smallest absolute Gasteiger partial charge is 0.230 e. The van der Waals surface area contributed by atoms with Gasteiger partial charge in [0.25, 0.3) is 0 Å². The quantitative estimate of drug-likeness (QED) is 0.627. The first-order chi connectivity index (χ1) is 16.7. The molecule has 1 aliphatic carbocycles. The largest absolute Gasteiger partial charge is 0.486 e. The number of fused-ring (bicyclic) bond motifs is 1. The Morgan fingerprint density at radius 1 is 0.941 bits per heavy atom. The van der Waals surface area contributed by atoms with Crippen molar-refractivity contribution in [2.24, 2.45) is 5.92 Å². The van der Waals surface area contributed by atoms with Crippen molar-refractivity contribution in [1.29, 1.82) is 0 Å². The van der Waals surface area contributed by atoms with E-state index < -0.39 is 0 Å². The van der Waals surface area contributed by atoms with Gasteiger partial charge in [-0.25, -0.2) is 0 Å². The number of benzene rings is 2. The van der Waals surface area contributed by atoms with Gasteiger partial charge in [-0.05, 0) is 44.0 Å². The molecule has 1 amide bonds. The van der Waals surface area contributed by atoms with Crippen molar-refractivity contribution in [3.05, 3.63) is 48.5 Å². The number of carbonyl (C=O) groups excluding carboxylic acids is 1. The molecule has 1 saturated carbocycles. The third-order valence-electron chi connectivity index (χ3n) is 7.56. The summed E-state index contributed by atoms with van der Waals surface area (Å²) in [6.45, 7) is 8.01. The third kappa shape index (κ3) is 5.02. The molecule has 1 saturated heterocycles. The first-order valence-electron chi connectivity index (χ1n) is 12.9. The van der Waals surface area contributed by atoms with Crippen LogP contribution in [-0.4, -0.2) is 62.8 Å². The van der Waals surface area contributed by atoms with E-state index in [0.717, 1.165) is 68.4 Å². The summed E-state index contributed by atoms with van der Waals surface area (Å²) in [5.74, 6) is 2.21. The molecular weight excluding hydrogens is 426 g/mol. The SMILES string of the molecule is CC(CN(C(=O)C1CCCCC1)c1ccccc1)N1CCN(c2cccc3c2OCCO3)CC1. The van der Waals surface area contributed by atoms with Crippen LogP contribution in [0.2, 0.25) is 0 Å². The lowest BCUT2D eigenvalue weighted by Crippen LogP contribution is -2.53. The van der Waals surface area contributed by atoms with E-state index in [2.05, 4.69) is 39.8 Å². The van der Waals surface area contributed by atoms with Crippen LogP contribution in [0.1, 0.15) is 39.0 Å². The molecular formula is C28H37N3O3. The van der Waals surface area contributed by atoms with Crippen molar-refractivity contribution in [3.63, 3.8) is 0 Å². The van der Waals surface area contributed by atoms with Crippen molar-refractivity contribution in [2.45, 2.75) is 45.1 Å². The van der Waals surface area contributed by atoms with Gasteiger partial charge >= 0.3 is 0 Å². The van der Waals surface area contributed by atoms with Gasteiger partial charge in [0.2, 0.25) is 5.91 Å². The van der Waals surface area contributed by atoms with Crippen LogP contribution in [-0.2, 0) is 4.79 Å². The molecule has 34 heavy (non-hydrogen) atoms. The Balaban J connectivity index is 1.24. The Kier molecular flexibility index (Phi) is 7.24. The van der Waals surface area contributed by atoms with Gasteiger partial charge < -0.3 is 19.3 Å². The summed E-state index contributed by atoms with van der Waals surface area (Å²) in [6, 6.07) is 16.7. The van der Waals surface area contributed by atoms with Crippen LogP contribution >= 0.6 is 0 Å². The number of amides is 1. The molecule has 2 aliphatic heterocycles. The Bertz CT molecular complexity index is 953. The van der Waals surface area contributed by atoms with E-state index in [0.29, 0.717) is 25.2 Å². The summed E-state index contributed by atoms with van der Waals surface area (Å²) in [7, 11) is 0. The zero-order chi connectivity index (χ0) is 23.3. The minimum atomic E-state index is 0.171. The number of anilines is 2. The van der Waals surface area contributed by atoms with Crippen molar-refractivity contribution in [1.82, 2.24) is 4.90 Å². The molecule has 2 aromatic rings. The van der Waals surface area contributed by atoms with Gasteiger partial charge in [-0.15, -0.1) is 0 Å². The number of hydrogen-bond donors (Lipinski definition) is 0. The van der Waals surface area contributed by atoms with Gasteiger partial charge in [-0.2, -0.15) is 0 Å². The minimum Gasteiger partial charge on any atom is -0.486 e. The average molecular weight is 464 g/mol. The molecule has 2 aromatic carbocycles. The van der Waals surface area contributed by atoms with Crippen LogP contribution in [0.5, 0.6) is 11.5 Å².